The lowest BCUT2D eigenvalue weighted by Crippen LogP contribution is -2.21. The molecule has 1 aromatic carbocycles. The SMILES string of the molecule is CCN(CC)c1ccc(/C=N/NC(=O)c2cc(-c3cccs3)[nH]n2)c(O)c1. The maximum absolute atomic E-state index is 12.2. The fourth-order valence-electron chi connectivity index (χ4n) is 2.64. The highest BCUT2D eigenvalue weighted by Crippen LogP contribution is 2.24. The molecule has 0 aliphatic heterocycles. The summed E-state index contributed by atoms with van der Waals surface area (Å²) < 4.78 is 0. The van der Waals surface area contributed by atoms with Gasteiger partial charge in [0, 0.05) is 30.4 Å². The van der Waals surface area contributed by atoms with Gasteiger partial charge in [0.05, 0.1) is 16.8 Å². The van der Waals surface area contributed by atoms with Crippen LogP contribution in [0, 0.1) is 0 Å². The van der Waals surface area contributed by atoms with E-state index in [4.69, 9.17) is 0 Å². The number of nitrogens with zero attached hydrogens (tertiary/aromatic N) is 3. The molecule has 0 fully saturated rings. The topological polar surface area (TPSA) is 93.6 Å². The van der Waals surface area contributed by atoms with Crippen LogP contribution in [-0.4, -0.2) is 40.5 Å². The number of carbonyl (C=O) groups excluding carboxylic acids is 1. The van der Waals surface area contributed by atoms with Gasteiger partial charge >= 0.3 is 0 Å². The Hall–Kier alpha value is -3.13. The molecular formula is C19H21N5O2S. The summed E-state index contributed by atoms with van der Waals surface area (Å²) in [6.07, 6.45) is 1.41. The van der Waals surface area contributed by atoms with Crippen LogP contribution in [0.3, 0.4) is 0 Å². The van der Waals surface area contributed by atoms with Crippen molar-refractivity contribution in [1.29, 1.82) is 0 Å². The number of H-pyrrole nitrogens is 1. The normalized spacial score (nSPS) is 11.0. The van der Waals surface area contributed by atoms with Gasteiger partial charge in [-0.25, -0.2) is 5.43 Å². The number of aromatic nitrogens is 2. The quantitative estimate of drug-likeness (QED) is 0.430. The van der Waals surface area contributed by atoms with Crippen molar-refractivity contribution in [3.8, 4) is 16.3 Å². The monoisotopic (exact) mass is 383 g/mol. The highest BCUT2D eigenvalue weighted by Gasteiger charge is 2.11. The van der Waals surface area contributed by atoms with Crippen LogP contribution in [0.25, 0.3) is 10.6 Å². The molecule has 2 heterocycles. The van der Waals surface area contributed by atoms with Crippen LogP contribution in [-0.2, 0) is 0 Å². The number of anilines is 1. The van der Waals surface area contributed by atoms with Gasteiger partial charge in [-0.1, -0.05) is 6.07 Å². The molecule has 7 nitrogen and oxygen atoms in total. The van der Waals surface area contributed by atoms with E-state index < -0.39 is 5.91 Å². The molecule has 140 valence electrons. The van der Waals surface area contributed by atoms with E-state index in [1.165, 1.54) is 6.21 Å². The van der Waals surface area contributed by atoms with Crippen molar-refractivity contribution in [3.63, 3.8) is 0 Å². The molecule has 1 amide bonds. The summed E-state index contributed by atoms with van der Waals surface area (Å²) in [5, 5.41) is 22.9. The van der Waals surface area contributed by atoms with Crippen LogP contribution in [0.15, 0.2) is 46.9 Å². The number of hydrogen-bond acceptors (Lipinski definition) is 6. The molecule has 2 aromatic heterocycles. The third-order valence-electron chi connectivity index (χ3n) is 4.11. The van der Waals surface area contributed by atoms with E-state index >= 15 is 0 Å². The third-order valence-corrected chi connectivity index (χ3v) is 5.01. The number of nitrogens with one attached hydrogen (secondary N) is 2. The van der Waals surface area contributed by atoms with Gasteiger partial charge in [-0.2, -0.15) is 10.2 Å². The van der Waals surface area contributed by atoms with E-state index in [-0.39, 0.29) is 11.4 Å². The van der Waals surface area contributed by atoms with Gasteiger partial charge in [0.2, 0.25) is 0 Å². The number of rotatable bonds is 7. The predicted molar refractivity (Wildman–Crippen MR) is 109 cm³/mol. The second-order valence-corrected chi connectivity index (χ2v) is 6.71. The number of phenolic OH excluding ortho intramolecular Hbond substituents is 1. The van der Waals surface area contributed by atoms with Gasteiger partial charge in [0.25, 0.3) is 5.91 Å². The first-order valence-corrected chi connectivity index (χ1v) is 9.51. The maximum atomic E-state index is 12.2. The summed E-state index contributed by atoms with van der Waals surface area (Å²) in [5.41, 5.74) is 4.91. The molecule has 0 radical (unpaired) electrons. The summed E-state index contributed by atoms with van der Waals surface area (Å²) in [6.45, 7) is 5.84. The van der Waals surface area contributed by atoms with Gasteiger partial charge < -0.3 is 10.0 Å². The van der Waals surface area contributed by atoms with Gasteiger partial charge in [-0.05, 0) is 43.5 Å². The van der Waals surface area contributed by atoms with Crippen LogP contribution in [0.5, 0.6) is 5.75 Å². The number of hydrogen-bond donors (Lipinski definition) is 3. The first kappa shape index (κ1) is 18.7. The number of aromatic amines is 1. The van der Waals surface area contributed by atoms with Crippen molar-refractivity contribution >= 4 is 29.1 Å². The second-order valence-electron chi connectivity index (χ2n) is 5.76. The molecule has 0 saturated heterocycles. The van der Waals surface area contributed by atoms with E-state index in [2.05, 4.69) is 39.5 Å². The minimum absolute atomic E-state index is 0.108. The molecule has 0 aliphatic rings. The first-order valence-electron chi connectivity index (χ1n) is 8.63. The highest BCUT2D eigenvalue weighted by atomic mass is 32.1. The van der Waals surface area contributed by atoms with Gasteiger partial charge in [0.1, 0.15) is 5.75 Å². The van der Waals surface area contributed by atoms with Crippen molar-refractivity contribution in [2.45, 2.75) is 13.8 Å². The van der Waals surface area contributed by atoms with E-state index in [9.17, 15) is 9.90 Å². The number of aromatic hydroxyl groups is 1. The molecule has 0 bridgehead atoms. The molecule has 0 saturated carbocycles. The van der Waals surface area contributed by atoms with Crippen LogP contribution in [0.4, 0.5) is 5.69 Å². The van der Waals surface area contributed by atoms with Crippen molar-refractivity contribution in [1.82, 2.24) is 15.6 Å². The Labute approximate surface area is 161 Å². The molecule has 0 spiro atoms. The number of amides is 1. The minimum atomic E-state index is -0.426. The maximum Gasteiger partial charge on any atom is 0.291 e. The zero-order chi connectivity index (χ0) is 19.2. The summed E-state index contributed by atoms with van der Waals surface area (Å²) in [5.74, 6) is -0.318. The van der Waals surface area contributed by atoms with Crippen LogP contribution in [0.2, 0.25) is 0 Å². The predicted octanol–water partition coefficient (Wildman–Crippen LogP) is 3.45. The summed E-state index contributed by atoms with van der Waals surface area (Å²) >= 11 is 1.56. The van der Waals surface area contributed by atoms with Crippen LogP contribution < -0.4 is 10.3 Å². The largest absolute Gasteiger partial charge is 0.507 e. The Morgan fingerprint density at radius 3 is 2.81 bits per heavy atom. The molecule has 27 heavy (non-hydrogen) atoms. The van der Waals surface area contributed by atoms with Gasteiger partial charge in [-0.15, -0.1) is 11.3 Å². The fraction of sp³-hybridized carbons (Fsp3) is 0.211. The van der Waals surface area contributed by atoms with Crippen molar-refractivity contribution in [2.24, 2.45) is 5.10 Å². The Kier molecular flexibility index (Phi) is 5.87. The van der Waals surface area contributed by atoms with Crippen molar-refractivity contribution in [3.05, 3.63) is 53.0 Å². The number of benzene rings is 1. The standard InChI is InChI=1S/C19H21N5O2S/c1-3-24(4-2)14-8-7-13(17(25)10-14)12-20-23-19(26)16-11-15(21-22-16)18-6-5-9-27-18/h5-12,25H,3-4H2,1-2H3,(H,21,22)(H,23,26)/b20-12+. The third kappa shape index (κ3) is 4.35. The molecule has 3 rings (SSSR count). The van der Waals surface area contributed by atoms with Gasteiger partial charge in [-0.3, -0.25) is 9.89 Å². The number of thiophene rings is 1. The molecule has 3 N–H and O–H groups in total. The number of carbonyl (C=O) groups is 1. The molecule has 0 atom stereocenters. The van der Waals surface area contributed by atoms with Crippen LogP contribution in [0.1, 0.15) is 29.9 Å². The smallest absolute Gasteiger partial charge is 0.291 e. The minimum Gasteiger partial charge on any atom is -0.507 e. The second kappa shape index (κ2) is 8.50. The Bertz CT molecular complexity index is 929. The first-order chi connectivity index (χ1) is 13.1. The van der Waals surface area contributed by atoms with E-state index in [1.54, 1.807) is 29.5 Å². The van der Waals surface area contributed by atoms with E-state index in [0.29, 0.717) is 5.56 Å². The highest BCUT2D eigenvalue weighted by molar-refractivity contribution is 7.13. The van der Waals surface area contributed by atoms with Gasteiger partial charge in [0.15, 0.2) is 5.69 Å². The lowest BCUT2D eigenvalue weighted by Gasteiger charge is -2.21. The molecule has 8 heteroatoms. The lowest BCUT2D eigenvalue weighted by molar-refractivity contribution is 0.0950. The average Bonchev–Trinajstić information content (AvgIpc) is 3.36. The summed E-state index contributed by atoms with van der Waals surface area (Å²) in [6, 6.07) is 10.9. The molecule has 3 aromatic rings. The lowest BCUT2D eigenvalue weighted by atomic mass is 10.2. The van der Waals surface area contributed by atoms with E-state index in [1.807, 2.05) is 23.6 Å². The molecular weight excluding hydrogens is 362 g/mol. The number of phenols is 1. The summed E-state index contributed by atoms with van der Waals surface area (Å²) in [4.78, 5) is 15.3. The van der Waals surface area contributed by atoms with Crippen molar-refractivity contribution in [2.75, 3.05) is 18.0 Å². The van der Waals surface area contributed by atoms with Crippen LogP contribution >= 0.6 is 11.3 Å². The zero-order valence-electron chi connectivity index (χ0n) is 15.1. The summed E-state index contributed by atoms with van der Waals surface area (Å²) in [7, 11) is 0. The Morgan fingerprint density at radius 1 is 1.33 bits per heavy atom. The van der Waals surface area contributed by atoms with Crippen molar-refractivity contribution < 1.29 is 9.90 Å². The van der Waals surface area contributed by atoms with E-state index in [0.717, 1.165) is 29.3 Å². The Balaban J connectivity index is 1.64. The zero-order valence-corrected chi connectivity index (χ0v) is 16.0. The fourth-order valence-corrected chi connectivity index (χ4v) is 3.33. The molecule has 0 unspecified atom stereocenters. The number of hydrazone groups is 1. The molecule has 0 aliphatic carbocycles. The Morgan fingerprint density at radius 2 is 2.15 bits per heavy atom. The average molecular weight is 383 g/mol.